The summed E-state index contributed by atoms with van der Waals surface area (Å²) in [6, 6.07) is 15.9. The molecule has 21 heavy (non-hydrogen) atoms. The van der Waals surface area contributed by atoms with Crippen LogP contribution in [0.3, 0.4) is 0 Å². The fourth-order valence-electron chi connectivity index (χ4n) is 2.30. The first-order chi connectivity index (χ1) is 10.2. The van der Waals surface area contributed by atoms with Crippen LogP contribution in [0.2, 0.25) is 0 Å². The van der Waals surface area contributed by atoms with E-state index in [0.717, 1.165) is 16.7 Å². The minimum Gasteiger partial charge on any atom is -0.457 e. The highest BCUT2D eigenvalue weighted by Gasteiger charge is 2.26. The van der Waals surface area contributed by atoms with Gasteiger partial charge in [0.05, 0.1) is 10.5 Å². The quantitative estimate of drug-likeness (QED) is 0.699. The van der Waals surface area contributed by atoms with Gasteiger partial charge in [-0.05, 0) is 23.3 Å². The van der Waals surface area contributed by atoms with E-state index in [9.17, 15) is 9.00 Å². The average molecular weight is 300 g/mol. The predicted octanol–water partition coefficient (Wildman–Crippen LogP) is 2.73. The SMILES string of the molecule is O=C1OCC(c2ccc(S(=O)O)cc2)=C1c1ccccc1. The van der Waals surface area contributed by atoms with Crippen LogP contribution in [0.15, 0.2) is 59.5 Å². The summed E-state index contributed by atoms with van der Waals surface area (Å²) < 4.78 is 25.2. The molecule has 1 unspecified atom stereocenters. The van der Waals surface area contributed by atoms with Crippen molar-refractivity contribution < 1.29 is 18.3 Å². The molecule has 0 bridgehead atoms. The van der Waals surface area contributed by atoms with Crippen molar-refractivity contribution in [3.8, 4) is 0 Å². The van der Waals surface area contributed by atoms with E-state index in [1.54, 1.807) is 24.3 Å². The molecule has 0 aromatic heterocycles. The van der Waals surface area contributed by atoms with E-state index in [4.69, 9.17) is 9.29 Å². The van der Waals surface area contributed by atoms with Gasteiger partial charge in [0.2, 0.25) is 0 Å². The second kappa shape index (κ2) is 5.63. The van der Waals surface area contributed by atoms with Gasteiger partial charge in [0.15, 0.2) is 11.1 Å². The number of benzene rings is 2. The number of rotatable bonds is 3. The van der Waals surface area contributed by atoms with E-state index in [-0.39, 0.29) is 12.6 Å². The van der Waals surface area contributed by atoms with Gasteiger partial charge in [0.25, 0.3) is 0 Å². The third-order valence-electron chi connectivity index (χ3n) is 3.32. The topological polar surface area (TPSA) is 63.6 Å². The molecule has 0 saturated carbocycles. The van der Waals surface area contributed by atoms with Crippen molar-refractivity contribution in [2.75, 3.05) is 6.61 Å². The summed E-state index contributed by atoms with van der Waals surface area (Å²) in [4.78, 5) is 12.3. The molecule has 0 amide bonds. The average Bonchev–Trinajstić information content (AvgIpc) is 2.90. The van der Waals surface area contributed by atoms with E-state index in [2.05, 4.69) is 0 Å². The minimum atomic E-state index is -2.00. The van der Waals surface area contributed by atoms with Gasteiger partial charge in [0.1, 0.15) is 6.61 Å². The Balaban J connectivity index is 2.08. The molecule has 2 aromatic rings. The lowest BCUT2D eigenvalue weighted by Crippen LogP contribution is -1.98. The third kappa shape index (κ3) is 2.66. The maximum Gasteiger partial charge on any atom is 0.339 e. The van der Waals surface area contributed by atoms with Gasteiger partial charge < -0.3 is 9.29 Å². The van der Waals surface area contributed by atoms with Gasteiger partial charge in [-0.25, -0.2) is 9.00 Å². The molecule has 4 nitrogen and oxygen atoms in total. The summed E-state index contributed by atoms with van der Waals surface area (Å²) in [5.74, 6) is -0.342. The van der Waals surface area contributed by atoms with Crippen molar-refractivity contribution in [1.82, 2.24) is 0 Å². The molecule has 0 spiro atoms. The summed E-state index contributed by atoms with van der Waals surface area (Å²) in [5.41, 5.74) is 2.97. The van der Waals surface area contributed by atoms with Crippen molar-refractivity contribution in [2.24, 2.45) is 0 Å². The molecule has 106 valence electrons. The highest BCUT2D eigenvalue weighted by Crippen LogP contribution is 2.32. The number of esters is 1. The number of hydrogen-bond donors (Lipinski definition) is 1. The Morgan fingerprint density at radius 3 is 2.24 bits per heavy atom. The van der Waals surface area contributed by atoms with Gasteiger partial charge in [0, 0.05) is 5.57 Å². The second-order valence-corrected chi connectivity index (χ2v) is 5.54. The Hall–Kier alpha value is -2.24. The summed E-state index contributed by atoms with van der Waals surface area (Å²) in [6.45, 7) is 0.213. The van der Waals surface area contributed by atoms with Gasteiger partial charge in [-0.2, -0.15) is 0 Å². The molecule has 0 radical (unpaired) electrons. The smallest absolute Gasteiger partial charge is 0.339 e. The van der Waals surface area contributed by atoms with Crippen LogP contribution in [-0.2, 0) is 20.6 Å². The predicted molar refractivity (Wildman–Crippen MR) is 79.7 cm³/mol. The van der Waals surface area contributed by atoms with E-state index in [1.165, 1.54) is 0 Å². The number of carbonyl (C=O) groups excluding carboxylic acids is 1. The highest BCUT2D eigenvalue weighted by atomic mass is 32.2. The molecule has 1 aliphatic rings. The molecule has 0 fully saturated rings. The zero-order valence-corrected chi connectivity index (χ0v) is 11.8. The monoisotopic (exact) mass is 300 g/mol. The zero-order chi connectivity index (χ0) is 14.8. The van der Waals surface area contributed by atoms with Gasteiger partial charge in [-0.3, -0.25) is 0 Å². The Kier molecular flexibility index (Phi) is 3.68. The normalized spacial score (nSPS) is 16.0. The number of carbonyl (C=O) groups is 1. The molecular formula is C16H12O4S. The maximum absolute atomic E-state index is 12.0. The first-order valence-electron chi connectivity index (χ1n) is 6.34. The molecular weight excluding hydrogens is 288 g/mol. The number of cyclic esters (lactones) is 1. The standard InChI is InChI=1S/C16H12O4S/c17-16-15(12-4-2-1-3-5-12)14(10-20-16)11-6-8-13(9-7-11)21(18)19/h1-9H,10H2,(H,18,19). The first-order valence-corrected chi connectivity index (χ1v) is 7.44. The maximum atomic E-state index is 12.0. The molecule has 3 rings (SSSR count). The largest absolute Gasteiger partial charge is 0.457 e. The highest BCUT2D eigenvalue weighted by molar-refractivity contribution is 7.79. The van der Waals surface area contributed by atoms with E-state index in [0.29, 0.717) is 10.5 Å². The summed E-state index contributed by atoms with van der Waals surface area (Å²) >= 11 is -2.00. The Morgan fingerprint density at radius 1 is 0.952 bits per heavy atom. The van der Waals surface area contributed by atoms with Crippen LogP contribution in [0.25, 0.3) is 11.1 Å². The van der Waals surface area contributed by atoms with E-state index < -0.39 is 11.1 Å². The Labute approximate surface area is 124 Å². The van der Waals surface area contributed by atoms with Crippen molar-refractivity contribution in [1.29, 1.82) is 0 Å². The molecule has 1 aliphatic heterocycles. The lowest BCUT2D eigenvalue weighted by Gasteiger charge is -2.05. The number of hydrogen-bond acceptors (Lipinski definition) is 3. The van der Waals surface area contributed by atoms with Crippen LogP contribution in [0, 0.1) is 0 Å². The van der Waals surface area contributed by atoms with Crippen LogP contribution >= 0.6 is 0 Å². The van der Waals surface area contributed by atoms with Gasteiger partial charge >= 0.3 is 5.97 Å². The Bertz CT molecular complexity index is 733. The third-order valence-corrected chi connectivity index (χ3v) is 4.00. The summed E-state index contributed by atoms with van der Waals surface area (Å²) in [6.07, 6.45) is 0. The molecule has 1 heterocycles. The summed E-state index contributed by atoms with van der Waals surface area (Å²) in [7, 11) is 0. The molecule has 5 heteroatoms. The van der Waals surface area contributed by atoms with Crippen LogP contribution in [0.4, 0.5) is 0 Å². The van der Waals surface area contributed by atoms with Gasteiger partial charge in [-0.15, -0.1) is 0 Å². The second-order valence-electron chi connectivity index (χ2n) is 4.57. The molecule has 1 N–H and O–H groups in total. The zero-order valence-electron chi connectivity index (χ0n) is 11.0. The molecule has 2 aromatic carbocycles. The lowest BCUT2D eigenvalue weighted by molar-refractivity contribution is -0.133. The van der Waals surface area contributed by atoms with Crippen molar-refractivity contribution in [2.45, 2.75) is 4.90 Å². The molecule has 0 saturated heterocycles. The van der Waals surface area contributed by atoms with Crippen LogP contribution in [0.5, 0.6) is 0 Å². The lowest BCUT2D eigenvalue weighted by atomic mass is 9.97. The first kappa shape index (κ1) is 13.7. The summed E-state index contributed by atoms with van der Waals surface area (Å²) in [5, 5.41) is 0. The fraction of sp³-hybridized carbons (Fsp3) is 0.0625. The fourth-order valence-corrected chi connectivity index (χ4v) is 2.67. The van der Waals surface area contributed by atoms with E-state index in [1.807, 2.05) is 30.3 Å². The van der Waals surface area contributed by atoms with Gasteiger partial charge in [-0.1, -0.05) is 42.5 Å². The molecule has 1 atom stereocenters. The van der Waals surface area contributed by atoms with Crippen molar-refractivity contribution in [3.05, 3.63) is 65.7 Å². The van der Waals surface area contributed by atoms with Crippen LogP contribution < -0.4 is 0 Å². The van der Waals surface area contributed by atoms with Crippen LogP contribution in [-0.4, -0.2) is 21.3 Å². The number of ether oxygens (including phenoxy) is 1. The van der Waals surface area contributed by atoms with Crippen molar-refractivity contribution in [3.63, 3.8) is 0 Å². The van der Waals surface area contributed by atoms with E-state index >= 15 is 0 Å². The molecule has 0 aliphatic carbocycles. The Morgan fingerprint density at radius 2 is 1.62 bits per heavy atom. The van der Waals surface area contributed by atoms with Crippen LogP contribution in [0.1, 0.15) is 11.1 Å². The minimum absolute atomic E-state index is 0.213. The van der Waals surface area contributed by atoms with Crippen molar-refractivity contribution >= 4 is 28.2 Å².